The Hall–Kier alpha value is -3.79. The van der Waals surface area contributed by atoms with Gasteiger partial charge in [0.05, 0.1) is 25.5 Å². The molecule has 3 aliphatic rings. The van der Waals surface area contributed by atoms with Gasteiger partial charge in [0.15, 0.2) is 0 Å². The monoisotopic (exact) mass is 619 g/mol. The molecule has 10 nitrogen and oxygen atoms in total. The molecule has 0 spiro atoms. The Kier molecular flexibility index (Phi) is 11.6. The van der Waals surface area contributed by atoms with Gasteiger partial charge in [-0.25, -0.2) is 10.2 Å². The summed E-state index contributed by atoms with van der Waals surface area (Å²) in [5.74, 6) is 1.00. The van der Waals surface area contributed by atoms with E-state index < -0.39 is 0 Å². The smallest absolute Gasteiger partial charge is 0.336 e. The van der Waals surface area contributed by atoms with E-state index in [1.54, 1.807) is 17.1 Å². The first kappa shape index (κ1) is 32.6. The molecule has 45 heavy (non-hydrogen) atoms. The Morgan fingerprint density at radius 3 is 2.20 bits per heavy atom. The molecule has 5 rings (SSSR count). The minimum Gasteiger partial charge on any atom is -0.494 e. The largest absolute Gasteiger partial charge is 0.494 e. The summed E-state index contributed by atoms with van der Waals surface area (Å²) in [6.45, 7) is 1.31. The third kappa shape index (κ3) is 9.12. The molecule has 0 bridgehead atoms. The highest BCUT2D eigenvalue weighted by Gasteiger charge is 2.29. The van der Waals surface area contributed by atoms with Gasteiger partial charge in [-0.1, -0.05) is 56.7 Å². The van der Waals surface area contributed by atoms with Gasteiger partial charge in [0.25, 0.3) is 0 Å². The fourth-order valence-electron chi connectivity index (χ4n) is 6.74. The molecule has 2 fully saturated rings. The number of hydrogen-bond acceptors (Lipinski definition) is 7. The van der Waals surface area contributed by atoms with Crippen LogP contribution in [0, 0.1) is 0 Å². The lowest BCUT2D eigenvalue weighted by molar-refractivity contribution is -0.136. The lowest BCUT2D eigenvalue weighted by atomic mass is 9.94. The molecule has 0 unspecified atom stereocenters. The van der Waals surface area contributed by atoms with Crippen molar-refractivity contribution >= 4 is 23.6 Å². The fourth-order valence-corrected chi connectivity index (χ4v) is 6.74. The van der Waals surface area contributed by atoms with E-state index in [2.05, 4.69) is 5.43 Å². The zero-order chi connectivity index (χ0) is 31.6. The summed E-state index contributed by atoms with van der Waals surface area (Å²) in [6, 6.07) is 15.3. The number of anilines is 1. The van der Waals surface area contributed by atoms with Crippen molar-refractivity contribution in [3.8, 4) is 11.5 Å². The van der Waals surface area contributed by atoms with Crippen molar-refractivity contribution < 1.29 is 23.9 Å². The maximum absolute atomic E-state index is 13.3. The number of hydrazine groups is 1. The number of nitrogens with zero attached hydrogens (tertiary/aromatic N) is 4. The summed E-state index contributed by atoms with van der Waals surface area (Å²) in [4.78, 5) is 44.6. The molecule has 244 valence electrons. The Bertz CT molecular complexity index is 1280. The molecule has 0 saturated heterocycles. The number of benzene rings is 2. The van der Waals surface area contributed by atoms with E-state index in [-0.39, 0.29) is 30.5 Å². The summed E-state index contributed by atoms with van der Waals surface area (Å²) in [6.07, 6.45) is 12.5. The second-order valence-electron chi connectivity index (χ2n) is 12.7. The van der Waals surface area contributed by atoms with Crippen LogP contribution in [0.4, 0.5) is 10.5 Å². The number of hydrogen-bond donors (Lipinski definition) is 1. The third-order valence-corrected chi connectivity index (χ3v) is 9.40. The van der Waals surface area contributed by atoms with E-state index in [0.717, 1.165) is 49.8 Å². The number of carbonyl (C=O) groups is 3. The van der Waals surface area contributed by atoms with Crippen LogP contribution in [0.25, 0.3) is 0 Å². The van der Waals surface area contributed by atoms with Gasteiger partial charge in [-0.15, -0.1) is 0 Å². The van der Waals surface area contributed by atoms with Crippen LogP contribution >= 0.6 is 0 Å². The van der Waals surface area contributed by atoms with Crippen molar-refractivity contribution in [1.82, 2.24) is 20.1 Å². The first-order chi connectivity index (χ1) is 21.9. The predicted molar refractivity (Wildman–Crippen MR) is 174 cm³/mol. The van der Waals surface area contributed by atoms with Crippen molar-refractivity contribution in [3.63, 3.8) is 0 Å². The predicted octanol–water partition coefficient (Wildman–Crippen LogP) is 5.71. The average Bonchev–Trinajstić information content (AvgIpc) is 3.07. The first-order valence-corrected chi connectivity index (χ1v) is 16.7. The highest BCUT2D eigenvalue weighted by Crippen LogP contribution is 2.31. The van der Waals surface area contributed by atoms with Crippen LogP contribution in [0.3, 0.4) is 0 Å². The van der Waals surface area contributed by atoms with E-state index in [9.17, 15) is 14.4 Å². The Morgan fingerprint density at radius 2 is 1.51 bits per heavy atom. The summed E-state index contributed by atoms with van der Waals surface area (Å²) >= 11 is 0. The third-order valence-electron chi connectivity index (χ3n) is 9.40. The van der Waals surface area contributed by atoms with Crippen molar-refractivity contribution in [3.05, 3.63) is 54.1 Å². The van der Waals surface area contributed by atoms with Gasteiger partial charge in [0.2, 0.25) is 5.91 Å². The van der Waals surface area contributed by atoms with E-state index >= 15 is 0 Å². The Labute approximate surface area is 267 Å². The molecule has 2 saturated carbocycles. The molecular weight excluding hydrogens is 570 g/mol. The summed E-state index contributed by atoms with van der Waals surface area (Å²) in [5, 5.41) is 1.81. The van der Waals surface area contributed by atoms with Crippen LogP contribution in [0.15, 0.2) is 48.5 Å². The van der Waals surface area contributed by atoms with Gasteiger partial charge < -0.3 is 19.3 Å². The van der Waals surface area contributed by atoms with Gasteiger partial charge in [-0.2, -0.15) is 0 Å². The molecule has 3 amide bonds. The molecular formula is C35H49N5O5. The molecule has 1 N–H and O–H groups in total. The number of esters is 1. The molecule has 0 aromatic heterocycles. The topological polar surface area (TPSA) is 94.7 Å². The van der Waals surface area contributed by atoms with Crippen molar-refractivity contribution in [2.24, 2.45) is 0 Å². The highest BCUT2D eigenvalue weighted by molar-refractivity contribution is 5.78. The molecule has 2 aliphatic carbocycles. The molecule has 10 heteroatoms. The van der Waals surface area contributed by atoms with Crippen LogP contribution in [0.1, 0.15) is 82.6 Å². The zero-order valence-electron chi connectivity index (χ0n) is 26.9. The van der Waals surface area contributed by atoms with E-state index in [1.807, 2.05) is 65.2 Å². The summed E-state index contributed by atoms with van der Waals surface area (Å²) in [7, 11) is 3.79. The quantitative estimate of drug-likeness (QED) is 0.196. The number of nitrogens with one attached hydrogen (secondary N) is 1. The number of ether oxygens (including phenoxy) is 2. The molecule has 2 aromatic rings. The fraction of sp³-hybridized carbons (Fsp3) is 0.571. The summed E-state index contributed by atoms with van der Waals surface area (Å²) in [5.41, 5.74) is 4.89. The number of urea groups is 1. The normalized spacial score (nSPS) is 17.7. The van der Waals surface area contributed by atoms with Crippen LogP contribution in [0.5, 0.6) is 11.5 Å². The van der Waals surface area contributed by atoms with Gasteiger partial charge in [0.1, 0.15) is 11.5 Å². The average molecular weight is 620 g/mol. The maximum Gasteiger partial charge on any atom is 0.336 e. The zero-order valence-corrected chi connectivity index (χ0v) is 26.9. The second-order valence-corrected chi connectivity index (χ2v) is 12.7. The molecule has 0 radical (unpaired) electrons. The van der Waals surface area contributed by atoms with E-state index in [0.29, 0.717) is 50.2 Å². The number of para-hydroxylation sites is 1. The first-order valence-electron chi connectivity index (χ1n) is 16.7. The Morgan fingerprint density at radius 1 is 0.844 bits per heavy atom. The maximum atomic E-state index is 13.3. The number of carbonyl (C=O) groups excluding carboxylic acids is 3. The van der Waals surface area contributed by atoms with Gasteiger partial charge >= 0.3 is 12.0 Å². The van der Waals surface area contributed by atoms with Crippen LogP contribution in [0.2, 0.25) is 0 Å². The second kappa shape index (κ2) is 16.0. The number of rotatable bonds is 11. The van der Waals surface area contributed by atoms with E-state index in [1.165, 1.54) is 25.7 Å². The van der Waals surface area contributed by atoms with Crippen LogP contribution < -0.4 is 19.9 Å². The minimum atomic E-state index is -0.370. The van der Waals surface area contributed by atoms with Crippen molar-refractivity contribution in [2.45, 2.75) is 95.7 Å². The molecule has 0 atom stereocenters. The number of fused-ring (bicyclic) bond motifs is 1. The Balaban J connectivity index is 1.21. The van der Waals surface area contributed by atoms with Gasteiger partial charge in [0, 0.05) is 39.1 Å². The number of amides is 3. The summed E-state index contributed by atoms with van der Waals surface area (Å²) < 4.78 is 11.6. The lowest BCUT2D eigenvalue weighted by Crippen LogP contribution is -2.56. The van der Waals surface area contributed by atoms with Gasteiger partial charge in [-0.05, 0) is 68.0 Å². The minimum absolute atomic E-state index is 0.0564. The van der Waals surface area contributed by atoms with Crippen LogP contribution in [-0.4, -0.2) is 78.6 Å². The molecule has 1 heterocycles. The lowest BCUT2D eigenvalue weighted by Gasteiger charge is -2.39. The molecule has 1 aliphatic heterocycles. The molecule has 2 aromatic carbocycles. The van der Waals surface area contributed by atoms with Gasteiger partial charge in [-0.3, -0.25) is 19.5 Å². The van der Waals surface area contributed by atoms with Crippen molar-refractivity contribution in [2.75, 3.05) is 38.9 Å². The highest BCUT2D eigenvalue weighted by atomic mass is 16.5. The standard InChI is InChI=1S/C35H49N5O5/c1-37(28-13-6-3-7-14-28)33(41)19-12-22-44-31-20-21-32-27(23-31)24-39(25-34(42)45-30-17-10-5-11-18-30)26-40(32)36-35(43)38(2)29-15-8-4-9-16-29/h5,10-11,17-18,20-21,23,28-29H,3-4,6-9,12-16,19,22,24-26H2,1-2H3,(H,36,43). The van der Waals surface area contributed by atoms with E-state index in [4.69, 9.17) is 9.47 Å². The SMILES string of the molecule is CN(C(=O)CCCOc1ccc2c(c1)CN(CC(=O)Oc1ccccc1)CN2NC(=O)N(C)C1CCCCC1)C1CCCCC1. The van der Waals surface area contributed by atoms with Crippen LogP contribution in [-0.2, 0) is 16.1 Å². The van der Waals surface area contributed by atoms with Crippen molar-refractivity contribution in [1.29, 1.82) is 0 Å².